The summed E-state index contributed by atoms with van der Waals surface area (Å²) in [6, 6.07) is 1.63. The molecule has 1 saturated heterocycles. The first-order valence-corrected chi connectivity index (χ1v) is 8.60. The van der Waals surface area contributed by atoms with Gasteiger partial charge in [-0.15, -0.1) is 0 Å². The molecular weight excluding hydrogens is 296 g/mol. The Morgan fingerprint density at radius 1 is 1.43 bits per heavy atom. The van der Waals surface area contributed by atoms with Crippen molar-refractivity contribution in [3.05, 3.63) is 23.8 Å². The first-order valence-electron chi connectivity index (χ1n) is 6.54. The Kier molecular flexibility index (Phi) is 4.58. The maximum absolute atomic E-state index is 12.2. The van der Waals surface area contributed by atoms with Gasteiger partial charge in [-0.2, -0.15) is 0 Å². The minimum atomic E-state index is -3.24. The summed E-state index contributed by atoms with van der Waals surface area (Å²) in [5.74, 6) is -0.450. The van der Waals surface area contributed by atoms with Crippen LogP contribution in [0, 0.1) is 0 Å². The second-order valence-electron chi connectivity index (χ2n) is 5.11. The third kappa shape index (κ3) is 3.56. The number of methoxy groups -OCH3 is 1. The normalized spacial score (nSPS) is 18.2. The van der Waals surface area contributed by atoms with Crippen LogP contribution in [-0.2, 0) is 35.3 Å². The molecule has 1 aliphatic rings. The van der Waals surface area contributed by atoms with Gasteiger partial charge in [0.25, 0.3) is 0 Å². The smallest absolute Gasteiger partial charge is 0.318 e. The monoisotopic (exact) mass is 314 g/mol. The van der Waals surface area contributed by atoms with E-state index in [2.05, 4.69) is 9.97 Å². The fourth-order valence-corrected chi connectivity index (χ4v) is 3.06. The van der Waals surface area contributed by atoms with Crippen LogP contribution in [-0.4, -0.2) is 50.9 Å². The van der Waals surface area contributed by atoms with Gasteiger partial charge < -0.3 is 9.47 Å². The van der Waals surface area contributed by atoms with E-state index in [9.17, 15) is 13.2 Å². The number of hydrogen-bond acceptors (Lipinski definition) is 7. The molecule has 0 aliphatic carbocycles. The molecule has 2 rings (SSSR count). The quantitative estimate of drug-likeness (QED) is 0.735. The van der Waals surface area contributed by atoms with Gasteiger partial charge in [-0.1, -0.05) is 0 Å². The van der Waals surface area contributed by atoms with E-state index in [0.717, 1.165) is 6.26 Å². The van der Waals surface area contributed by atoms with Crippen LogP contribution >= 0.6 is 0 Å². The Morgan fingerprint density at radius 2 is 2.10 bits per heavy atom. The summed E-state index contributed by atoms with van der Waals surface area (Å²) in [5.41, 5.74) is -0.395. The minimum absolute atomic E-state index is 0.185. The molecule has 7 nitrogen and oxygen atoms in total. The van der Waals surface area contributed by atoms with Gasteiger partial charge in [0, 0.05) is 25.7 Å². The molecule has 0 amide bonds. The highest BCUT2D eigenvalue weighted by Crippen LogP contribution is 2.34. The number of sulfone groups is 1. The van der Waals surface area contributed by atoms with Crippen LogP contribution in [0.2, 0.25) is 0 Å². The third-order valence-corrected chi connectivity index (χ3v) is 4.29. The zero-order valence-electron chi connectivity index (χ0n) is 12.0. The molecule has 1 aromatic heterocycles. The lowest BCUT2D eigenvalue weighted by molar-refractivity contribution is -0.151. The average molecular weight is 314 g/mol. The molecule has 0 unspecified atom stereocenters. The van der Waals surface area contributed by atoms with E-state index in [0.29, 0.717) is 31.7 Å². The van der Waals surface area contributed by atoms with Crippen LogP contribution < -0.4 is 0 Å². The van der Waals surface area contributed by atoms with Gasteiger partial charge in [0.2, 0.25) is 0 Å². The molecule has 2 heterocycles. The average Bonchev–Trinajstić information content (AvgIpc) is 2.45. The Balaban J connectivity index is 2.41. The number of aromatic nitrogens is 2. The topological polar surface area (TPSA) is 95.5 Å². The van der Waals surface area contributed by atoms with Gasteiger partial charge in [0.15, 0.2) is 9.84 Å². The highest BCUT2D eigenvalue weighted by Gasteiger charge is 2.44. The first-order chi connectivity index (χ1) is 9.87. The van der Waals surface area contributed by atoms with Crippen LogP contribution in [0.1, 0.15) is 24.4 Å². The van der Waals surface area contributed by atoms with Gasteiger partial charge in [-0.05, 0) is 18.9 Å². The summed E-state index contributed by atoms with van der Waals surface area (Å²) >= 11 is 0. The fraction of sp³-hybridized carbons (Fsp3) is 0.615. The van der Waals surface area contributed by atoms with Crippen LogP contribution in [0.25, 0.3) is 0 Å². The first kappa shape index (κ1) is 15.8. The summed E-state index contributed by atoms with van der Waals surface area (Å²) in [7, 11) is -1.90. The summed E-state index contributed by atoms with van der Waals surface area (Å²) in [6.45, 7) is 0.862. The Hall–Kier alpha value is -1.54. The molecule has 8 heteroatoms. The summed E-state index contributed by atoms with van der Waals surface area (Å²) in [5, 5.41) is 0. The molecule has 0 bridgehead atoms. The zero-order chi connectivity index (χ0) is 15.5. The van der Waals surface area contributed by atoms with Crippen molar-refractivity contribution in [2.45, 2.75) is 24.0 Å². The van der Waals surface area contributed by atoms with Gasteiger partial charge in [0.1, 0.15) is 17.0 Å². The van der Waals surface area contributed by atoms with Crippen molar-refractivity contribution in [2.75, 3.05) is 26.6 Å². The minimum Gasteiger partial charge on any atom is -0.468 e. The Labute approximate surface area is 123 Å². The van der Waals surface area contributed by atoms with E-state index in [4.69, 9.17) is 9.47 Å². The molecule has 0 spiro atoms. The molecule has 0 radical (unpaired) electrons. The van der Waals surface area contributed by atoms with Gasteiger partial charge in [-0.25, -0.2) is 18.4 Å². The van der Waals surface area contributed by atoms with Crippen molar-refractivity contribution >= 4 is 15.8 Å². The van der Waals surface area contributed by atoms with E-state index in [1.807, 2.05) is 0 Å². The molecular formula is C13H18N2O5S. The predicted octanol–water partition coefficient (Wildman–Crippen LogP) is 0.242. The van der Waals surface area contributed by atoms with E-state index in [-0.39, 0.29) is 17.5 Å². The molecule has 0 saturated carbocycles. The molecule has 0 atom stereocenters. The largest absolute Gasteiger partial charge is 0.468 e. The standard InChI is InChI=1S/C13H18N2O5S/c1-19-12(16)13(4-7-20-8-5-13)10-3-6-14-11(15-10)9-21(2,17)18/h3,6H,4-5,7-9H2,1-2H3. The van der Waals surface area contributed by atoms with E-state index in [1.54, 1.807) is 6.07 Å². The fourth-order valence-electron chi connectivity index (χ4n) is 2.45. The second kappa shape index (κ2) is 6.07. The molecule has 116 valence electrons. The van der Waals surface area contributed by atoms with Crippen molar-refractivity contribution < 1.29 is 22.7 Å². The number of carbonyl (C=O) groups is 1. The lowest BCUT2D eigenvalue weighted by atomic mass is 9.77. The van der Waals surface area contributed by atoms with Crippen LogP contribution in [0.4, 0.5) is 0 Å². The Morgan fingerprint density at radius 3 is 2.67 bits per heavy atom. The van der Waals surface area contributed by atoms with Crippen molar-refractivity contribution in [1.29, 1.82) is 0 Å². The number of esters is 1. The molecule has 0 N–H and O–H groups in total. The third-order valence-electron chi connectivity index (χ3n) is 3.51. The van der Waals surface area contributed by atoms with E-state index in [1.165, 1.54) is 13.3 Å². The lowest BCUT2D eigenvalue weighted by Gasteiger charge is -2.33. The maximum Gasteiger partial charge on any atom is 0.318 e. The van der Waals surface area contributed by atoms with Crippen LogP contribution in [0.3, 0.4) is 0 Å². The molecule has 1 aliphatic heterocycles. The number of nitrogens with zero attached hydrogens (tertiary/aromatic N) is 2. The predicted molar refractivity (Wildman–Crippen MR) is 74.3 cm³/mol. The van der Waals surface area contributed by atoms with Gasteiger partial charge in [-0.3, -0.25) is 4.79 Å². The van der Waals surface area contributed by atoms with Gasteiger partial charge >= 0.3 is 5.97 Å². The summed E-state index contributed by atoms with van der Waals surface area (Å²) < 4.78 is 33.0. The maximum atomic E-state index is 12.2. The number of ether oxygens (including phenoxy) is 2. The van der Waals surface area contributed by atoms with Crippen molar-refractivity contribution in [2.24, 2.45) is 0 Å². The van der Waals surface area contributed by atoms with E-state index < -0.39 is 15.3 Å². The Bertz CT molecular complexity index is 623. The summed E-state index contributed by atoms with van der Waals surface area (Å²) in [4.78, 5) is 20.5. The molecule has 1 aromatic rings. The lowest BCUT2D eigenvalue weighted by Crippen LogP contribution is -2.43. The molecule has 21 heavy (non-hydrogen) atoms. The van der Waals surface area contributed by atoms with Crippen LogP contribution in [0.15, 0.2) is 12.3 Å². The zero-order valence-corrected chi connectivity index (χ0v) is 12.9. The number of carbonyl (C=O) groups excluding carboxylic acids is 1. The van der Waals surface area contributed by atoms with E-state index >= 15 is 0 Å². The molecule has 1 fully saturated rings. The highest BCUT2D eigenvalue weighted by atomic mass is 32.2. The van der Waals surface area contributed by atoms with Crippen molar-refractivity contribution in [1.82, 2.24) is 9.97 Å². The van der Waals surface area contributed by atoms with Crippen LogP contribution in [0.5, 0.6) is 0 Å². The number of hydrogen-bond donors (Lipinski definition) is 0. The SMILES string of the molecule is COC(=O)C1(c2ccnc(CS(C)(=O)=O)n2)CCOCC1. The van der Waals surface area contributed by atoms with Crippen molar-refractivity contribution in [3.63, 3.8) is 0 Å². The van der Waals surface area contributed by atoms with Gasteiger partial charge in [0.05, 0.1) is 12.8 Å². The number of rotatable bonds is 4. The molecule has 0 aromatic carbocycles. The second-order valence-corrected chi connectivity index (χ2v) is 7.25. The highest BCUT2D eigenvalue weighted by molar-refractivity contribution is 7.89. The van der Waals surface area contributed by atoms with Crippen molar-refractivity contribution in [3.8, 4) is 0 Å². The summed E-state index contributed by atoms with van der Waals surface area (Å²) in [6.07, 6.45) is 3.50.